The second-order valence-corrected chi connectivity index (χ2v) is 4.93. The molecule has 5 heteroatoms. The van der Waals surface area contributed by atoms with Gasteiger partial charge in [-0.1, -0.05) is 17.7 Å². The molecule has 2 amide bonds. The third-order valence-corrected chi connectivity index (χ3v) is 3.98. The Hall–Kier alpha value is -0.740. The van der Waals surface area contributed by atoms with Gasteiger partial charge in [0.25, 0.3) is 0 Å². The van der Waals surface area contributed by atoms with Crippen molar-refractivity contribution in [2.24, 2.45) is 0 Å². The molecule has 1 fully saturated rings. The van der Waals surface area contributed by atoms with Gasteiger partial charge in [0.15, 0.2) is 0 Å². The zero-order chi connectivity index (χ0) is 11.5. The average Bonchev–Trinajstić information content (AvgIpc) is 2.78. The maximum atomic E-state index is 11.8. The molecular formula is C11H12BrClN2O. The number of likely N-dealkylation sites (tertiary alicyclic amines) is 1. The van der Waals surface area contributed by atoms with Crippen LogP contribution in [0, 0.1) is 0 Å². The van der Waals surface area contributed by atoms with Crippen molar-refractivity contribution in [1.82, 2.24) is 4.90 Å². The van der Waals surface area contributed by atoms with Gasteiger partial charge in [-0.3, -0.25) is 0 Å². The Balaban J connectivity index is 2.08. The Morgan fingerprint density at radius 1 is 1.38 bits per heavy atom. The fourth-order valence-corrected chi connectivity index (χ4v) is 2.25. The highest BCUT2D eigenvalue weighted by Gasteiger charge is 2.18. The van der Waals surface area contributed by atoms with Crippen LogP contribution in [0.2, 0.25) is 5.02 Å². The van der Waals surface area contributed by atoms with Crippen LogP contribution in [0.4, 0.5) is 10.5 Å². The van der Waals surface area contributed by atoms with Crippen LogP contribution in [-0.4, -0.2) is 24.0 Å². The predicted molar refractivity (Wildman–Crippen MR) is 69.0 cm³/mol. The van der Waals surface area contributed by atoms with E-state index in [0.717, 1.165) is 30.4 Å². The van der Waals surface area contributed by atoms with E-state index >= 15 is 0 Å². The van der Waals surface area contributed by atoms with Gasteiger partial charge in [-0.05, 0) is 40.9 Å². The first kappa shape index (κ1) is 11.7. The molecule has 0 bridgehead atoms. The van der Waals surface area contributed by atoms with Crippen molar-refractivity contribution in [3.63, 3.8) is 0 Å². The normalized spacial score (nSPS) is 15.2. The number of hydrogen-bond donors (Lipinski definition) is 1. The Morgan fingerprint density at radius 3 is 2.75 bits per heavy atom. The van der Waals surface area contributed by atoms with Gasteiger partial charge in [0.1, 0.15) is 0 Å². The highest BCUT2D eigenvalue weighted by atomic mass is 79.9. The summed E-state index contributed by atoms with van der Waals surface area (Å²) in [6, 6.07) is 5.36. The topological polar surface area (TPSA) is 32.3 Å². The summed E-state index contributed by atoms with van der Waals surface area (Å²) in [7, 11) is 0. The Bertz CT molecular complexity index is 405. The summed E-state index contributed by atoms with van der Waals surface area (Å²) in [4.78, 5) is 13.6. The molecule has 1 aromatic rings. The van der Waals surface area contributed by atoms with Crippen molar-refractivity contribution in [2.75, 3.05) is 18.4 Å². The number of rotatable bonds is 1. The second-order valence-electron chi connectivity index (χ2n) is 3.73. The van der Waals surface area contributed by atoms with Gasteiger partial charge in [-0.25, -0.2) is 4.79 Å². The zero-order valence-electron chi connectivity index (χ0n) is 8.67. The monoisotopic (exact) mass is 302 g/mol. The molecule has 3 nitrogen and oxygen atoms in total. The number of nitrogens with one attached hydrogen (secondary N) is 1. The maximum Gasteiger partial charge on any atom is 0.321 e. The molecule has 1 aliphatic heterocycles. The second kappa shape index (κ2) is 5.06. The lowest BCUT2D eigenvalue weighted by Crippen LogP contribution is -2.32. The minimum atomic E-state index is -0.0551. The van der Waals surface area contributed by atoms with E-state index in [1.165, 1.54) is 0 Å². The lowest BCUT2D eigenvalue weighted by atomic mass is 10.3. The van der Waals surface area contributed by atoms with Gasteiger partial charge in [0.2, 0.25) is 0 Å². The van der Waals surface area contributed by atoms with E-state index < -0.39 is 0 Å². The minimum Gasteiger partial charge on any atom is -0.325 e. The first-order chi connectivity index (χ1) is 7.68. The lowest BCUT2D eigenvalue weighted by molar-refractivity contribution is 0.222. The van der Waals surface area contributed by atoms with Crippen LogP contribution >= 0.6 is 27.5 Å². The van der Waals surface area contributed by atoms with E-state index in [9.17, 15) is 4.79 Å². The van der Waals surface area contributed by atoms with Gasteiger partial charge in [0.05, 0.1) is 15.2 Å². The van der Waals surface area contributed by atoms with Crippen molar-refractivity contribution in [1.29, 1.82) is 0 Å². The van der Waals surface area contributed by atoms with Gasteiger partial charge < -0.3 is 10.2 Å². The summed E-state index contributed by atoms with van der Waals surface area (Å²) in [5.41, 5.74) is 0.712. The van der Waals surface area contributed by atoms with E-state index in [4.69, 9.17) is 11.6 Å². The van der Waals surface area contributed by atoms with Crippen LogP contribution in [0.3, 0.4) is 0 Å². The number of amides is 2. The van der Waals surface area contributed by atoms with E-state index in [1.807, 2.05) is 17.0 Å². The zero-order valence-corrected chi connectivity index (χ0v) is 11.0. The lowest BCUT2D eigenvalue weighted by Gasteiger charge is -2.17. The van der Waals surface area contributed by atoms with Gasteiger partial charge in [0, 0.05) is 13.1 Å². The van der Waals surface area contributed by atoms with Crippen molar-refractivity contribution < 1.29 is 4.79 Å². The van der Waals surface area contributed by atoms with Gasteiger partial charge in [-0.2, -0.15) is 0 Å². The van der Waals surface area contributed by atoms with Crippen molar-refractivity contribution in [3.8, 4) is 0 Å². The number of carbonyl (C=O) groups excluding carboxylic acids is 1. The molecule has 0 spiro atoms. The van der Waals surface area contributed by atoms with E-state index in [0.29, 0.717) is 10.7 Å². The number of hydrogen-bond acceptors (Lipinski definition) is 1. The van der Waals surface area contributed by atoms with Crippen molar-refractivity contribution >= 4 is 39.2 Å². The molecule has 1 N–H and O–H groups in total. The summed E-state index contributed by atoms with van der Waals surface area (Å²) < 4.78 is 0.726. The predicted octanol–water partition coefficient (Wildman–Crippen LogP) is 3.73. The maximum absolute atomic E-state index is 11.8. The van der Waals surface area contributed by atoms with Crippen LogP contribution in [0.25, 0.3) is 0 Å². The molecule has 86 valence electrons. The van der Waals surface area contributed by atoms with E-state index in [2.05, 4.69) is 21.2 Å². The Kier molecular flexibility index (Phi) is 3.71. The van der Waals surface area contributed by atoms with Crippen molar-refractivity contribution in [3.05, 3.63) is 27.7 Å². The largest absolute Gasteiger partial charge is 0.325 e. The average molecular weight is 304 g/mol. The van der Waals surface area contributed by atoms with Gasteiger partial charge in [-0.15, -0.1) is 0 Å². The van der Waals surface area contributed by atoms with Crippen LogP contribution in [0.15, 0.2) is 22.7 Å². The molecule has 0 unspecified atom stereocenters. The van der Waals surface area contributed by atoms with E-state index in [-0.39, 0.29) is 6.03 Å². The number of anilines is 1. The summed E-state index contributed by atoms with van der Waals surface area (Å²) in [6.07, 6.45) is 2.17. The third-order valence-electron chi connectivity index (χ3n) is 2.59. The quantitative estimate of drug-likeness (QED) is 0.842. The van der Waals surface area contributed by atoms with Crippen molar-refractivity contribution in [2.45, 2.75) is 12.8 Å². The molecule has 0 aromatic heterocycles. The molecule has 0 atom stereocenters. The van der Waals surface area contributed by atoms with Crippen LogP contribution in [0.1, 0.15) is 12.8 Å². The number of urea groups is 1. The van der Waals surface area contributed by atoms with Crippen LogP contribution in [-0.2, 0) is 0 Å². The van der Waals surface area contributed by atoms with Crippen LogP contribution < -0.4 is 5.32 Å². The first-order valence-electron chi connectivity index (χ1n) is 5.18. The highest BCUT2D eigenvalue weighted by Crippen LogP contribution is 2.30. The molecule has 0 radical (unpaired) electrons. The fourth-order valence-electron chi connectivity index (χ4n) is 1.71. The summed E-state index contributed by atoms with van der Waals surface area (Å²) in [5.74, 6) is 0. The molecule has 1 aliphatic rings. The molecule has 1 aromatic carbocycles. The fraction of sp³-hybridized carbons (Fsp3) is 0.364. The molecule has 1 heterocycles. The summed E-state index contributed by atoms with van der Waals surface area (Å²) >= 11 is 9.30. The van der Waals surface area contributed by atoms with Gasteiger partial charge >= 0.3 is 6.03 Å². The standard InChI is InChI=1S/C11H12BrClN2O/c12-10-8(13)4-3-5-9(10)14-11(16)15-6-1-2-7-15/h3-5H,1-2,6-7H2,(H,14,16). The molecule has 0 aliphatic carbocycles. The number of halogens is 2. The third kappa shape index (κ3) is 2.50. The number of benzene rings is 1. The molecule has 0 saturated carbocycles. The minimum absolute atomic E-state index is 0.0551. The smallest absolute Gasteiger partial charge is 0.321 e. The molecule has 1 saturated heterocycles. The molecule has 2 rings (SSSR count). The number of carbonyl (C=O) groups is 1. The Morgan fingerprint density at radius 2 is 2.06 bits per heavy atom. The highest BCUT2D eigenvalue weighted by molar-refractivity contribution is 9.10. The first-order valence-corrected chi connectivity index (χ1v) is 6.35. The number of nitrogens with zero attached hydrogens (tertiary/aromatic N) is 1. The summed E-state index contributed by atoms with van der Waals surface area (Å²) in [5, 5.41) is 3.45. The summed E-state index contributed by atoms with van der Waals surface area (Å²) in [6.45, 7) is 1.67. The van der Waals surface area contributed by atoms with E-state index in [1.54, 1.807) is 6.07 Å². The Labute approximate surface area is 108 Å². The van der Waals surface area contributed by atoms with Crippen LogP contribution in [0.5, 0.6) is 0 Å². The SMILES string of the molecule is O=C(Nc1cccc(Cl)c1Br)N1CCCC1. The molecule has 16 heavy (non-hydrogen) atoms. The molecular weight excluding hydrogens is 291 g/mol.